The molecular formula is C65H106N10O13. The Balaban J connectivity index is 1.75. The minimum Gasteiger partial charge on any atom is -0.467 e. The van der Waals surface area contributed by atoms with Crippen LogP contribution in [0.2, 0.25) is 0 Å². The van der Waals surface area contributed by atoms with E-state index >= 15 is 0 Å². The van der Waals surface area contributed by atoms with Crippen molar-refractivity contribution in [2.24, 2.45) is 35.3 Å². The molecule has 9 amide bonds. The molecule has 0 aliphatic carbocycles. The van der Waals surface area contributed by atoms with E-state index < -0.39 is 102 Å². The standard InChI is InChI=1S/C65H106N10O13/c1-19-42(8)55(50(85-16)38-51(76)75-35-24-28-49(75)56(86-17)43(9)57(77)69-48(62(82)87-18)37-45-25-21-20-22-26-45)74(15)61(81)53(40(4)5)70-59(79)54(41(6)7)72(13)36-33-44-29-31-46(32-30-44)73(14)60(80)47(27-23-34-67-63(66)83)68-58(78)52(39(2)3)71-64(84)88-65(10,11)12/h20-22,25-26,29-32,39-43,47-50,52-56H,19,23-24,27-28,33-38H2,1-18H3,(H,68,78)(H,69,77)(H,70,79)(H,71,84)(H3,66,67,83)/t42-,43+,47-,48-,49-,50+,52-,53-,54-,55-,56+/m0/s1. The molecule has 1 aliphatic rings. The number of nitrogens with one attached hydrogen (secondary N) is 5. The largest absolute Gasteiger partial charge is 0.467 e. The van der Waals surface area contributed by atoms with Crippen LogP contribution >= 0.6 is 0 Å². The highest BCUT2D eigenvalue weighted by molar-refractivity contribution is 6.00. The molecular weight excluding hydrogens is 1130 g/mol. The number of nitrogens with two attached hydrogens (primary N) is 1. The normalized spacial score (nSPS) is 16.9. The van der Waals surface area contributed by atoms with Crippen LogP contribution in [0, 0.1) is 29.6 Å². The Labute approximate surface area is 523 Å². The summed E-state index contributed by atoms with van der Waals surface area (Å²) in [6.45, 7) is 23.1. The lowest BCUT2D eigenvalue weighted by atomic mass is 9.89. The van der Waals surface area contributed by atoms with Crippen molar-refractivity contribution >= 4 is 59.2 Å². The molecule has 88 heavy (non-hydrogen) atoms. The van der Waals surface area contributed by atoms with Gasteiger partial charge in [0, 0.05) is 60.1 Å². The zero-order chi connectivity index (χ0) is 66.3. The van der Waals surface area contributed by atoms with Crippen LogP contribution in [-0.4, -0.2) is 190 Å². The van der Waals surface area contributed by atoms with Crippen molar-refractivity contribution in [2.75, 3.05) is 67.0 Å². The van der Waals surface area contributed by atoms with E-state index in [9.17, 15) is 43.2 Å². The number of anilines is 1. The average molecular weight is 1240 g/mol. The summed E-state index contributed by atoms with van der Waals surface area (Å²) in [6, 6.07) is 10.4. The van der Waals surface area contributed by atoms with Crippen LogP contribution in [-0.2, 0) is 65.4 Å². The molecule has 0 radical (unpaired) electrons. The van der Waals surface area contributed by atoms with E-state index in [0.717, 1.165) is 11.1 Å². The summed E-state index contributed by atoms with van der Waals surface area (Å²) < 4.78 is 22.5. The second-order valence-corrected chi connectivity index (χ2v) is 25.4. The van der Waals surface area contributed by atoms with Crippen LogP contribution in [0.25, 0.3) is 0 Å². The Hall–Kier alpha value is -6.85. The zero-order valence-corrected chi connectivity index (χ0v) is 55.7. The van der Waals surface area contributed by atoms with E-state index in [1.54, 1.807) is 77.6 Å². The van der Waals surface area contributed by atoms with Crippen molar-refractivity contribution in [2.45, 2.75) is 195 Å². The number of primary amides is 1. The first kappa shape index (κ1) is 75.4. The molecule has 1 saturated heterocycles. The Bertz CT molecular complexity index is 2580. The summed E-state index contributed by atoms with van der Waals surface area (Å²) in [5.41, 5.74) is 6.79. The summed E-state index contributed by atoms with van der Waals surface area (Å²) in [7, 11) is 9.47. The number of hydrogen-bond donors (Lipinski definition) is 6. The minimum atomic E-state index is -1.03. The van der Waals surface area contributed by atoms with Crippen LogP contribution in [0.5, 0.6) is 0 Å². The van der Waals surface area contributed by atoms with E-state index in [-0.39, 0.29) is 67.2 Å². The molecule has 1 heterocycles. The third kappa shape index (κ3) is 22.6. The van der Waals surface area contributed by atoms with Gasteiger partial charge in [-0.2, -0.15) is 0 Å². The Kier molecular flexibility index (Phi) is 30.8. The van der Waals surface area contributed by atoms with Crippen molar-refractivity contribution < 1.29 is 62.1 Å². The number of ether oxygens (including phenoxy) is 4. The number of urea groups is 1. The lowest BCUT2D eigenvalue weighted by Crippen LogP contribution is -2.60. The number of methoxy groups -OCH3 is 3. The molecule has 2 aromatic rings. The van der Waals surface area contributed by atoms with E-state index in [1.165, 1.54) is 26.2 Å². The molecule has 0 spiro atoms. The van der Waals surface area contributed by atoms with Crippen LogP contribution in [0.4, 0.5) is 15.3 Å². The van der Waals surface area contributed by atoms with Gasteiger partial charge in [0.05, 0.1) is 49.8 Å². The third-order valence-corrected chi connectivity index (χ3v) is 16.6. The number of likely N-dealkylation sites (tertiary alicyclic amines) is 1. The number of amides is 9. The van der Waals surface area contributed by atoms with Gasteiger partial charge >= 0.3 is 18.1 Å². The van der Waals surface area contributed by atoms with Gasteiger partial charge in [0.1, 0.15) is 29.8 Å². The lowest BCUT2D eigenvalue weighted by Gasteiger charge is -2.41. The number of hydrogen-bond acceptors (Lipinski definition) is 14. The van der Waals surface area contributed by atoms with E-state index in [1.807, 2.05) is 96.0 Å². The molecule has 0 bridgehead atoms. The average Bonchev–Trinajstić information content (AvgIpc) is 2.49. The summed E-state index contributed by atoms with van der Waals surface area (Å²) >= 11 is 0. The third-order valence-electron chi connectivity index (χ3n) is 16.6. The molecule has 23 nitrogen and oxygen atoms in total. The highest BCUT2D eigenvalue weighted by Gasteiger charge is 2.44. The van der Waals surface area contributed by atoms with Crippen molar-refractivity contribution in [1.82, 2.24) is 41.3 Å². The lowest BCUT2D eigenvalue weighted by molar-refractivity contribution is -0.149. The first-order valence-corrected chi connectivity index (χ1v) is 31.1. The number of esters is 1. The summed E-state index contributed by atoms with van der Waals surface area (Å²) in [5.74, 6) is -4.56. The van der Waals surface area contributed by atoms with E-state index in [4.69, 9.17) is 24.7 Å². The maximum atomic E-state index is 14.9. The Morgan fingerprint density at radius 3 is 1.86 bits per heavy atom. The molecule has 0 saturated carbocycles. The second kappa shape index (κ2) is 36.0. The summed E-state index contributed by atoms with van der Waals surface area (Å²) in [6.07, 6.45) is 0.873. The van der Waals surface area contributed by atoms with Gasteiger partial charge < -0.3 is 66.0 Å². The molecule has 2 aromatic carbocycles. The molecule has 494 valence electrons. The first-order chi connectivity index (χ1) is 41.3. The van der Waals surface area contributed by atoms with Crippen molar-refractivity contribution in [3.8, 4) is 0 Å². The summed E-state index contributed by atoms with van der Waals surface area (Å²) in [5, 5.41) is 13.9. The molecule has 0 aromatic heterocycles. The second-order valence-electron chi connectivity index (χ2n) is 25.4. The van der Waals surface area contributed by atoms with Crippen LogP contribution in [0.1, 0.15) is 133 Å². The van der Waals surface area contributed by atoms with Gasteiger partial charge in [0.2, 0.25) is 35.4 Å². The van der Waals surface area contributed by atoms with Crippen molar-refractivity contribution in [3.63, 3.8) is 0 Å². The number of likely N-dealkylation sites (N-methyl/N-ethyl adjacent to an activating group) is 3. The Morgan fingerprint density at radius 2 is 1.33 bits per heavy atom. The highest BCUT2D eigenvalue weighted by Crippen LogP contribution is 2.30. The van der Waals surface area contributed by atoms with Crippen LogP contribution < -0.4 is 37.2 Å². The van der Waals surface area contributed by atoms with E-state index in [2.05, 4.69) is 26.6 Å². The van der Waals surface area contributed by atoms with E-state index in [0.29, 0.717) is 50.9 Å². The fraction of sp³-hybridized carbons (Fsp3) is 0.677. The molecule has 11 atom stereocenters. The number of benzene rings is 2. The molecule has 7 N–H and O–H groups in total. The number of nitrogens with zero attached hydrogens (tertiary/aromatic N) is 4. The maximum Gasteiger partial charge on any atom is 0.408 e. The van der Waals surface area contributed by atoms with Crippen LogP contribution in [0.3, 0.4) is 0 Å². The topological polar surface area (TPSA) is 290 Å². The summed E-state index contributed by atoms with van der Waals surface area (Å²) in [4.78, 5) is 129. The van der Waals surface area contributed by atoms with Gasteiger partial charge in [0.15, 0.2) is 0 Å². The first-order valence-electron chi connectivity index (χ1n) is 31.1. The van der Waals surface area contributed by atoms with Gasteiger partial charge in [-0.05, 0) is 107 Å². The van der Waals surface area contributed by atoms with Gasteiger partial charge in [-0.3, -0.25) is 33.7 Å². The number of carbonyl (C=O) groups is 9. The predicted octanol–water partition coefficient (Wildman–Crippen LogP) is 5.59. The minimum absolute atomic E-state index is 0.0649. The SMILES string of the molecule is CC[C@H](C)[C@@H]([C@@H](CC(=O)N1CCC[C@H]1[C@H](OC)[C@@H](C)C(=O)N[C@@H](Cc1ccccc1)C(=O)OC)OC)N(C)C(=O)[C@@H](NC(=O)[C@H](C(C)C)N(C)CCc1ccc(N(C)C(=O)[C@H](CCCNC(N)=O)NC(=O)[C@@H](NC(=O)OC(C)(C)C)C(C)C)cc1)C(C)C. The monoisotopic (exact) mass is 1230 g/mol. The van der Waals surface area contributed by atoms with Crippen LogP contribution in [0.15, 0.2) is 54.6 Å². The fourth-order valence-corrected chi connectivity index (χ4v) is 11.5. The molecule has 3 rings (SSSR count). The van der Waals surface area contributed by atoms with Crippen molar-refractivity contribution in [1.29, 1.82) is 0 Å². The molecule has 0 unspecified atom stereocenters. The zero-order valence-electron chi connectivity index (χ0n) is 55.7. The quantitative estimate of drug-likeness (QED) is 0.0368. The maximum absolute atomic E-state index is 14.9. The smallest absolute Gasteiger partial charge is 0.408 e. The van der Waals surface area contributed by atoms with Gasteiger partial charge in [-0.15, -0.1) is 0 Å². The molecule has 1 fully saturated rings. The fourth-order valence-electron chi connectivity index (χ4n) is 11.5. The van der Waals surface area contributed by atoms with Gasteiger partial charge in [-0.25, -0.2) is 14.4 Å². The number of carbonyl (C=O) groups excluding carboxylic acids is 9. The van der Waals surface area contributed by atoms with Crippen molar-refractivity contribution in [3.05, 3.63) is 65.7 Å². The highest BCUT2D eigenvalue weighted by atomic mass is 16.6. The number of rotatable bonds is 34. The Morgan fingerprint density at radius 1 is 0.716 bits per heavy atom. The van der Waals surface area contributed by atoms with Gasteiger partial charge in [-0.1, -0.05) is 111 Å². The molecule has 23 heteroatoms. The van der Waals surface area contributed by atoms with Gasteiger partial charge in [0.25, 0.3) is 0 Å². The number of alkyl carbamates (subject to hydrolysis) is 1. The predicted molar refractivity (Wildman–Crippen MR) is 339 cm³/mol. The molecule has 1 aliphatic heterocycles.